The molecule has 2 atom stereocenters. The number of aromatic nitrogens is 1. The molecule has 0 bridgehead atoms. The molecule has 33 heavy (non-hydrogen) atoms. The van der Waals surface area contributed by atoms with Crippen LogP contribution in [0.25, 0.3) is 10.9 Å². The Labute approximate surface area is 192 Å². The van der Waals surface area contributed by atoms with Crippen LogP contribution in [0.4, 0.5) is 4.39 Å². The Morgan fingerprint density at radius 1 is 1.00 bits per heavy atom. The van der Waals surface area contributed by atoms with E-state index in [2.05, 4.69) is 4.90 Å². The molecule has 3 aliphatic rings. The Kier molecular flexibility index (Phi) is 4.97. The van der Waals surface area contributed by atoms with Crippen LogP contribution in [0.5, 0.6) is 0 Å². The molecule has 2 amide bonds. The van der Waals surface area contributed by atoms with Gasteiger partial charge in [-0.25, -0.2) is 4.39 Å². The summed E-state index contributed by atoms with van der Waals surface area (Å²) in [6.07, 6.45) is 4.52. The van der Waals surface area contributed by atoms with E-state index in [0.717, 1.165) is 36.6 Å². The Bertz CT molecular complexity index is 1230. The van der Waals surface area contributed by atoms with Crippen LogP contribution in [0.2, 0.25) is 0 Å². The van der Waals surface area contributed by atoms with Gasteiger partial charge in [0.15, 0.2) is 0 Å². The number of hydrogen-bond donors (Lipinski definition) is 0. The van der Waals surface area contributed by atoms with Crippen LogP contribution in [-0.4, -0.2) is 51.4 Å². The average Bonchev–Trinajstić information content (AvgIpc) is 3.61. The second kappa shape index (κ2) is 8.01. The van der Waals surface area contributed by atoms with Crippen molar-refractivity contribution in [2.45, 2.75) is 50.7 Å². The molecule has 2 aromatic carbocycles. The fourth-order valence-electron chi connectivity index (χ4n) is 5.82. The van der Waals surface area contributed by atoms with Gasteiger partial charge in [-0.05, 0) is 49.8 Å². The van der Waals surface area contributed by atoms with Crippen LogP contribution in [0.3, 0.4) is 0 Å². The molecule has 1 aromatic heterocycles. The Hall–Kier alpha value is -3.15. The van der Waals surface area contributed by atoms with E-state index in [1.54, 1.807) is 12.1 Å². The lowest BCUT2D eigenvalue weighted by Crippen LogP contribution is -2.57. The highest BCUT2D eigenvalue weighted by atomic mass is 19.1. The number of amides is 2. The van der Waals surface area contributed by atoms with Crippen molar-refractivity contribution in [3.8, 4) is 0 Å². The number of carbonyl (C=O) groups is 2. The highest BCUT2D eigenvalue weighted by molar-refractivity contribution is 5.99. The van der Waals surface area contributed by atoms with Crippen molar-refractivity contribution in [3.63, 3.8) is 0 Å². The molecular weight excluding hydrogens is 417 g/mol. The summed E-state index contributed by atoms with van der Waals surface area (Å²) in [6, 6.07) is 17.3. The molecule has 3 heterocycles. The van der Waals surface area contributed by atoms with Crippen LogP contribution < -0.4 is 0 Å². The third kappa shape index (κ3) is 3.62. The molecule has 6 heteroatoms. The van der Waals surface area contributed by atoms with Gasteiger partial charge in [-0.2, -0.15) is 0 Å². The number of rotatable bonds is 4. The number of fused-ring (bicyclic) bond motifs is 2. The number of halogens is 1. The van der Waals surface area contributed by atoms with Crippen molar-refractivity contribution in [2.24, 2.45) is 5.92 Å². The number of para-hydroxylation sites is 1. The van der Waals surface area contributed by atoms with Gasteiger partial charge in [0.1, 0.15) is 11.5 Å². The normalized spacial score (nSPS) is 23.1. The summed E-state index contributed by atoms with van der Waals surface area (Å²) < 4.78 is 16.4. The maximum absolute atomic E-state index is 14.5. The first-order valence-electron chi connectivity index (χ1n) is 12.0. The number of hydrogen-bond acceptors (Lipinski definition) is 2. The van der Waals surface area contributed by atoms with Crippen molar-refractivity contribution in [2.75, 3.05) is 13.1 Å². The lowest BCUT2D eigenvalue weighted by Gasteiger charge is -2.47. The van der Waals surface area contributed by atoms with Gasteiger partial charge >= 0.3 is 0 Å². The fraction of sp³-hybridized carbons (Fsp3) is 0.407. The first-order valence-corrected chi connectivity index (χ1v) is 12.0. The smallest absolute Gasteiger partial charge is 0.270 e. The summed E-state index contributed by atoms with van der Waals surface area (Å²) in [7, 11) is 0. The fourth-order valence-corrected chi connectivity index (χ4v) is 5.82. The SMILES string of the molecule is O=C(c1cc2ccccc2n1Cc1ccccc1F)N1CCC2C(CCC(=O)N2C2CC2)C1. The zero-order chi connectivity index (χ0) is 22.5. The minimum Gasteiger partial charge on any atom is -0.337 e. The van der Waals surface area contributed by atoms with Crippen molar-refractivity contribution in [1.29, 1.82) is 0 Å². The van der Waals surface area contributed by atoms with Gasteiger partial charge in [0, 0.05) is 48.1 Å². The van der Waals surface area contributed by atoms with Gasteiger partial charge in [0.25, 0.3) is 5.91 Å². The molecule has 5 nitrogen and oxygen atoms in total. The van der Waals surface area contributed by atoms with Crippen LogP contribution >= 0.6 is 0 Å². The van der Waals surface area contributed by atoms with Crippen LogP contribution in [0.15, 0.2) is 54.6 Å². The first-order chi connectivity index (χ1) is 16.1. The maximum atomic E-state index is 14.5. The molecule has 0 radical (unpaired) electrons. The summed E-state index contributed by atoms with van der Waals surface area (Å²) in [5.41, 5.74) is 2.10. The second-order valence-electron chi connectivity index (χ2n) is 9.70. The predicted molar refractivity (Wildman–Crippen MR) is 124 cm³/mol. The molecular formula is C27H28FN3O2. The number of carbonyl (C=O) groups excluding carboxylic acids is 2. The van der Waals surface area contributed by atoms with Gasteiger partial charge in [-0.3, -0.25) is 9.59 Å². The van der Waals surface area contributed by atoms with E-state index in [0.29, 0.717) is 55.2 Å². The Morgan fingerprint density at radius 2 is 1.79 bits per heavy atom. The second-order valence-corrected chi connectivity index (χ2v) is 9.70. The van der Waals surface area contributed by atoms with Crippen LogP contribution in [-0.2, 0) is 11.3 Å². The Morgan fingerprint density at radius 3 is 2.61 bits per heavy atom. The number of piperidine rings is 2. The van der Waals surface area contributed by atoms with E-state index in [9.17, 15) is 14.0 Å². The predicted octanol–water partition coefficient (Wildman–Crippen LogP) is 4.44. The molecule has 2 saturated heterocycles. The van der Waals surface area contributed by atoms with E-state index in [-0.39, 0.29) is 17.8 Å². The van der Waals surface area contributed by atoms with E-state index >= 15 is 0 Å². The summed E-state index contributed by atoms with van der Waals surface area (Å²) in [6.45, 7) is 1.64. The van der Waals surface area contributed by atoms with Crippen molar-refractivity contribution in [1.82, 2.24) is 14.4 Å². The monoisotopic (exact) mass is 445 g/mol. The molecule has 0 N–H and O–H groups in total. The minimum absolute atomic E-state index is 0.00383. The summed E-state index contributed by atoms with van der Waals surface area (Å²) in [5, 5.41) is 0.982. The van der Waals surface area contributed by atoms with Gasteiger partial charge < -0.3 is 14.4 Å². The molecule has 3 fully saturated rings. The number of likely N-dealkylation sites (tertiary alicyclic amines) is 2. The Balaban J connectivity index is 1.30. The molecule has 2 aliphatic heterocycles. The van der Waals surface area contributed by atoms with E-state index in [1.807, 2.05) is 45.9 Å². The highest BCUT2D eigenvalue weighted by Crippen LogP contribution is 2.39. The van der Waals surface area contributed by atoms with Crippen molar-refractivity contribution in [3.05, 3.63) is 71.7 Å². The molecule has 1 saturated carbocycles. The molecule has 0 spiro atoms. The molecule has 170 valence electrons. The molecule has 6 rings (SSSR count). The topological polar surface area (TPSA) is 45.6 Å². The lowest BCUT2D eigenvalue weighted by molar-refractivity contribution is -0.141. The molecule has 1 aliphatic carbocycles. The summed E-state index contributed by atoms with van der Waals surface area (Å²) >= 11 is 0. The largest absolute Gasteiger partial charge is 0.337 e. The maximum Gasteiger partial charge on any atom is 0.270 e. The van der Waals surface area contributed by atoms with Gasteiger partial charge in [-0.15, -0.1) is 0 Å². The summed E-state index contributed by atoms with van der Waals surface area (Å²) in [5.74, 6) is 0.367. The lowest BCUT2D eigenvalue weighted by atomic mass is 9.83. The first kappa shape index (κ1) is 20.5. The standard InChI is InChI=1S/C27H28FN3O2/c28-22-7-3-1-6-19(22)17-30-23-8-4-2-5-18(23)15-25(30)27(33)29-14-13-24-20(16-29)9-12-26(32)31(24)21-10-11-21/h1-8,15,20-21,24H,9-14,16-17H2. The van der Waals surface area contributed by atoms with Gasteiger partial charge in [0.2, 0.25) is 5.91 Å². The van der Waals surface area contributed by atoms with Gasteiger partial charge in [-0.1, -0.05) is 36.4 Å². The third-order valence-corrected chi connectivity index (χ3v) is 7.61. The quantitative estimate of drug-likeness (QED) is 0.596. The van der Waals surface area contributed by atoms with E-state index in [1.165, 1.54) is 6.07 Å². The zero-order valence-corrected chi connectivity index (χ0v) is 18.6. The number of benzene rings is 2. The molecule has 2 unspecified atom stereocenters. The average molecular weight is 446 g/mol. The van der Waals surface area contributed by atoms with Crippen molar-refractivity contribution < 1.29 is 14.0 Å². The van der Waals surface area contributed by atoms with E-state index in [4.69, 9.17) is 0 Å². The third-order valence-electron chi connectivity index (χ3n) is 7.61. The van der Waals surface area contributed by atoms with E-state index < -0.39 is 0 Å². The van der Waals surface area contributed by atoms with Crippen LogP contribution in [0.1, 0.15) is 48.2 Å². The zero-order valence-electron chi connectivity index (χ0n) is 18.6. The number of nitrogens with zero attached hydrogens (tertiary/aromatic N) is 3. The van der Waals surface area contributed by atoms with Crippen LogP contribution in [0, 0.1) is 11.7 Å². The summed E-state index contributed by atoms with van der Waals surface area (Å²) in [4.78, 5) is 30.4. The van der Waals surface area contributed by atoms with Crippen molar-refractivity contribution >= 4 is 22.7 Å². The minimum atomic E-state index is -0.262. The van der Waals surface area contributed by atoms with Gasteiger partial charge in [0.05, 0.1) is 6.54 Å². The molecule has 3 aromatic rings. The highest BCUT2D eigenvalue weighted by Gasteiger charge is 2.46.